The molecule has 4 aromatic rings. The standard InChI is InChI=1S/C30H32ClFN6O2S2/c1-38(14-12-33-29(39)21-10-6-3-7-11-21)27-18-24(20-8-4-2-5-9-20)35-19-26(27)36-25-17-23(32)28(16-22(25)31)42(40)37-30-34-13-15-41-30/h2,4-5,8-9,13,15-19,21,36H,3,6-7,10-12,14H2,1H3,(H,33,39)(H,34,37). The van der Waals surface area contributed by atoms with Crippen LogP contribution in [-0.4, -0.2) is 40.2 Å². The number of nitrogens with one attached hydrogen (secondary N) is 3. The molecule has 1 atom stereocenters. The van der Waals surface area contributed by atoms with Crippen LogP contribution in [0.3, 0.4) is 0 Å². The summed E-state index contributed by atoms with van der Waals surface area (Å²) in [7, 11) is 0.0516. The number of carbonyl (C=O) groups excluding carboxylic acids is 1. The van der Waals surface area contributed by atoms with E-state index in [2.05, 4.69) is 25.3 Å². The van der Waals surface area contributed by atoms with Crippen molar-refractivity contribution in [3.8, 4) is 11.3 Å². The summed E-state index contributed by atoms with van der Waals surface area (Å²) in [4.78, 5) is 23.3. The van der Waals surface area contributed by atoms with Gasteiger partial charge in [0.25, 0.3) is 0 Å². The maximum atomic E-state index is 15.1. The number of pyridine rings is 1. The fourth-order valence-corrected chi connectivity index (χ4v) is 6.77. The fraction of sp³-hybridized carbons (Fsp3) is 0.300. The number of hydrogen-bond acceptors (Lipinski definition) is 7. The summed E-state index contributed by atoms with van der Waals surface area (Å²) in [5.74, 6) is -0.471. The van der Waals surface area contributed by atoms with Crippen LogP contribution in [0.5, 0.6) is 0 Å². The van der Waals surface area contributed by atoms with Crippen molar-refractivity contribution in [2.75, 3.05) is 35.1 Å². The second-order valence-electron chi connectivity index (χ2n) is 10.1. The van der Waals surface area contributed by atoms with Gasteiger partial charge in [-0.25, -0.2) is 13.6 Å². The third kappa shape index (κ3) is 7.45. The molecule has 0 bridgehead atoms. The molecule has 0 spiro atoms. The number of amides is 1. The number of anilines is 4. The Morgan fingerprint density at radius 2 is 1.90 bits per heavy atom. The lowest BCUT2D eigenvalue weighted by Gasteiger charge is -2.25. The summed E-state index contributed by atoms with van der Waals surface area (Å²) in [6.07, 6.45) is 8.56. The van der Waals surface area contributed by atoms with Crippen molar-refractivity contribution in [3.63, 3.8) is 0 Å². The third-order valence-corrected chi connectivity index (χ3v) is 9.41. The summed E-state index contributed by atoms with van der Waals surface area (Å²) in [6, 6.07) is 14.3. The molecular weight excluding hydrogens is 595 g/mol. The molecule has 12 heteroatoms. The van der Waals surface area contributed by atoms with Gasteiger partial charge in [0.1, 0.15) is 5.82 Å². The maximum absolute atomic E-state index is 15.1. The Kier molecular flexibility index (Phi) is 10.0. The zero-order valence-corrected chi connectivity index (χ0v) is 25.5. The van der Waals surface area contributed by atoms with Crippen LogP contribution in [0.1, 0.15) is 32.1 Å². The van der Waals surface area contributed by atoms with E-state index < -0.39 is 16.8 Å². The van der Waals surface area contributed by atoms with Crippen molar-refractivity contribution in [2.24, 2.45) is 5.92 Å². The average Bonchev–Trinajstić information content (AvgIpc) is 3.52. The lowest BCUT2D eigenvalue weighted by molar-refractivity contribution is -0.125. The highest BCUT2D eigenvalue weighted by Crippen LogP contribution is 2.35. The number of benzene rings is 2. The van der Waals surface area contributed by atoms with Crippen molar-refractivity contribution < 1.29 is 13.4 Å². The van der Waals surface area contributed by atoms with Crippen LogP contribution in [0.2, 0.25) is 5.02 Å². The quantitative estimate of drug-likeness (QED) is 0.166. The van der Waals surface area contributed by atoms with Crippen molar-refractivity contribution in [3.05, 3.63) is 77.1 Å². The van der Waals surface area contributed by atoms with Crippen molar-refractivity contribution in [1.82, 2.24) is 15.3 Å². The summed E-state index contributed by atoms with van der Waals surface area (Å²) >= 11 is 7.80. The van der Waals surface area contributed by atoms with E-state index in [-0.39, 0.29) is 21.7 Å². The Labute approximate surface area is 256 Å². The number of nitrogens with zero attached hydrogens (tertiary/aromatic N) is 3. The number of rotatable bonds is 11. The molecule has 42 heavy (non-hydrogen) atoms. The van der Waals surface area contributed by atoms with E-state index in [1.807, 2.05) is 48.3 Å². The summed E-state index contributed by atoms with van der Waals surface area (Å²) < 4.78 is 30.5. The van der Waals surface area contributed by atoms with Gasteiger partial charge < -0.3 is 15.5 Å². The fourth-order valence-electron chi connectivity index (χ4n) is 4.92. The van der Waals surface area contributed by atoms with E-state index in [1.54, 1.807) is 17.8 Å². The van der Waals surface area contributed by atoms with E-state index >= 15 is 4.39 Å². The predicted octanol–water partition coefficient (Wildman–Crippen LogP) is 7.01. The first-order chi connectivity index (χ1) is 20.4. The monoisotopic (exact) mass is 626 g/mol. The minimum atomic E-state index is -1.88. The first-order valence-electron chi connectivity index (χ1n) is 13.8. The molecule has 0 radical (unpaired) electrons. The van der Waals surface area contributed by atoms with Gasteiger partial charge in [0.15, 0.2) is 16.1 Å². The van der Waals surface area contributed by atoms with E-state index in [0.717, 1.165) is 42.6 Å². The SMILES string of the molecule is CN(CCNC(=O)C1CCCCC1)c1cc(-c2ccccc2)ncc1Nc1cc(F)c(S(=O)Nc2nccs2)cc1Cl. The first kappa shape index (κ1) is 29.9. The number of aromatic nitrogens is 2. The van der Waals surface area contributed by atoms with Gasteiger partial charge in [0.2, 0.25) is 5.91 Å². The lowest BCUT2D eigenvalue weighted by Crippen LogP contribution is -2.37. The van der Waals surface area contributed by atoms with Crippen LogP contribution < -0.4 is 20.3 Å². The zero-order valence-electron chi connectivity index (χ0n) is 23.1. The molecule has 8 nitrogen and oxygen atoms in total. The van der Waals surface area contributed by atoms with Crippen LogP contribution in [-0.2, 0) is 15.8 Å². The number of likely N-dealkylation sites (N-methyl/N-ethyl adjacent to an activating group) is 1. The minimum Gasteiger partial charge on any atom is -0.371 e. The molecule has 2 aromatic heterocycles. The average molecular weight is 627 g/mol. The molecule has 2 heterocycles. The summed E-state index contributed by atoms with van der Waals surface area (Å²) in [6.45, 7) is 1.03. The molecule has 2 aromatic carbocycles. The first-order valence-corrected chi connectivity index (χ1v) is 16.2. The van der Waals surface area contributed by atoms with Crippen LogP contribution in [0.4, 0.5) is 26.6 Å². The minimum absolute atomic E-state index is 0.0793. The number of thiazole rings is 1. The molecule has 0 saturated heterocycles. The van der Waals surface area contributed by atoms with Crippen molar-refractivity contribution in [2.45, 2.75) is 37.0 Å². The normalized spacial score (nSPS) is 14.3. The number of carbonyl (C=O) groups is 1. The van der Waals surface area contributed by atoms with Gasteiger partial charge in [0, 0.05) is 49.3 Å². The number of hydrogen-bond donors (Lipinski definition) is 3. The third-order valence-electron chi connectivity index (χ3n) is 7.19. The zero-order chi connectivity index (χ0) is 29.5. The van der Waals surface area contributed by atoms with E-state index in [9.17, 15) is 9.00 Å². The molecule has 220 valence electrons. The molecule has 1 aliphatic carbocycles. The lowest BCUT2D eigenvalue weighted by atomic mass is 9.89. The predicted molar refractivity (Wildman–Crippen MR) is 169 cm³/mol. The van der Waals surface area contributed by atoms with Crippen molar-refractivity contribution >= 4 is 62.0 Å². The highest BCUT2D eigenvalue weighted by atomic mass is 35.5. The Morgan fingerprint density at radius 3 is 2.64 bits per heavy atom. The van der Waals surface area contributed by atoms with Crippen LogP contribution in [0.25, 0.3) is 11.3 Å². The maximum Gasteiger partial charge on any atom is 0.223 e. The van der Waals surface area contributed by atoms with Gasteiger partial charge in [-0.3, -0.25) is 14.5 Å². The van der Waals surface area contributed by atoms with Gasteiger partial charge in [-0.2, -0.15) is 0 Å². The molecule has 1 aliphatic rings. The smallest absolute Gasteiger partial charge is 0.223 e. The second-order valence-corrected chi connectivity index (χ2v) is 12.6. The Morgan fingerprint density at radius 1 is 1.12 bits per heavy atom. The molecule has 1 unspecified atom stereocenters. The topological polar surface area (TPSA) is 99.3 Å². The Balaban J connectivity index is 1.35. The highest BCUT2D eigenvalue weighted by Gasteiger charge is 2.21. The molecule has 3 N–H and O–H groups in total. The summed E-state index contributed by atoms with van der Waals surface area (Å²) in [5, 5.41) is 8.64. The van der Waals surface area contributed by atoms with Crippen LogP contribution in [0.15, 0.2) is 71.2 Å². The van der Waals surface area contributed by atoms with Crippen LogP contribution in [0, 0.1) is 11.7 Å². The molecule has 1 saturated carbocycles. The Bertz CT molecular complexity index is 1530. The van der Waals surface area contributed by atoms with Gasteiger partial charge in [0.05, 0.1) is 38.9 Å². The van der Waals surface area contributed by atoms with E-state index in [1.165, 1.54) is 29.9 Å². The molecule has 0 aliphatic heterocycles. The second kappa shape index (κ2) is 14.1. The molecule has 1 fully saturated rings. The Hall–Kier alpha value is -3.54. The summed E-state index contributed by atoms with van der Waals surface area (Å²) in [5.41, 5.74) is 3.43. The van der Waals surface area contributed by atoms with Gasteiger partial charge >= 0.3 is 0 Å². The van der Waals surface area contributed by atoms with E-state index in [4.69, 9.17) is 11.6 Å². The molecular formula is C30H32ClFN6O2S2. The number of halogens is 2. The van der Waals surface area contributed by atoms with Gasteiger partial charge in [-0.15, -0.1) is 11.3 Å². The van der Waals surface area contributed by atoms with E-state index in [0.29, 0.717) is 29.6 Å². The van der Waals surface area contributed by atoms with Crippen LogP contribution >= 0.6 is 22.9 Å². The van der Waals surface area contributed by atoms with Crippen molar-refractivity contribution in [1.29, 1.82) is 0 Å². The molecule has 1 amide bonds. The molecule has 5 rings (SSSR count). The largest absolute Gasteiger partial charge is 0.371 e. The van der Waals surface area contributed by atoms with Gasteiger partial charge in [-0.1, -0.05) is 61.2 Å². The van der Waals surface area contributed by atoms with Gasteiger partial charge in [-0.05, 0) is 25.0 Å². The highest BCUT2D eigenvalue weighted by molar-refractivity contribution is 7.86.